The third-order valence-corrected chi connectivity index (χ3v) is 4.02. The van der Waals surface area contributed by atoms with Crippen molar-refractivity contribution < 1.29 is 9.90 Å². The maximum absolute atomic E-state index is 12.5. The Labute approximate surface area is 149 Å². The van der Waals surface area contributed by atoms with Crippen molar-refractivity contribution in [2.75, 3.05) is 5.73 Å². The third kappa shape index (κ3) is 3.33. The van der Waals surface area contributed by atoms with Crippen molar-refractivity contribution in [2.45, 2.75) is 13.2 Å². The van der Waals surface area contributed by atoms with Gasteiger partial charge in [-0.25, -0.2) is 4.68 Å². The second-order valence-corrected chi connectivity index (χ2v) is 5.80. The number of anilines is 1. The summed E-state index contributed by atoms with van der Waals surface area (Å²) in [7, 11) is 0. The second kappa shape index (κ2) is 7.20. The number of hydrogen-bond donors (Lipinski definition) is 3. The van der Waals surface area contributed by atoms with E-state index >= 15 is 0 Å². The molecular formula is C19H18N4O3. The van der Waals surface area contributed by atoms with Gasteiger partial charge < -0.3 is 16.6 Å². The monoisotopic (exact) mass is 350 g/mol. The number of nitrogen functional groups attached to an aromatic ring is 1. The molecule has 3 aromatic rings. The fraction of sp³-hybridized carbons (Fsp3) is 0.105. The smallest absolute Gasteiger partial charge is 0.291 e. The summed E-state index contributed by atoms with van der Waals surface area (Å²) < 4.78 is 1.21. The number of nitrogens with zero attached hydrogens (tertiary/aromatic N) is 2. The summed E-state index contributed by atoms with van der Waals surface area (Å²) in [4.78, 5) is 24.4. The maximum atomic E-state index is 12.5. The molecule has 0 aliphatic carbocycles. The SMILES string of the molecule is NC(=O)c1c(-c2ccccc2)nn(Cc2ccc(CO)cc2)c(=O)c1N. The van der Waals surface area contributed by atoms with Crippen molar-refractivity contribution in [1.29, 1.82) is 0 Å². The molecule has 0 spiro atoms. The molecule has 0 aliphatic rings. The minimum absolute atomic E-state index is 0.0586. The molecule has 132 valence electrons. The molecule has 26 heavy (non-hydrogen) atoms. The van der Waals surface area contributed by atoms with Crippen LogP contribution in [-0.4, -0.2) is 20.8 Å². The van der Waals surface area contributed by atoms with E-state index in [-0.39, 0.29) is 30.1 Å². The topological polar surface area (TPSA) is 124 Å². The highest BCUT2D eigenvalue weighted by molar-refractivity contribution is 6.03. The Balaban J connectivity index is 2.12. The molecule has 0 radical (unpaired) electrons. The van der Waals surface area contributed by atoms with Gasteiger partial charge in [0.05, 0.1) is 18.7 Å². The van der Waals surface area contributed by atoms with Crippen molar-refractivity contribution in [2.24, 2.45) is 5.73 Å². The number of aliphatic hydroxyl groups is 1. The summed E-state index contributed by atoms with van der Waals surface area (Å²) in [6.07, 6.45) is 0. The van der Waals surface area contributed by atoms with Gasteiger partial charge in [-0.1, -0.05) is 54.6 Å². The maximum Gasteiger partial charge on any atom is 0.291 e. The van der Waals surface area contributed by atoms with E-state index in [0.717, 1.165) is 11.1 Å². The lowest BCUT2D eigenvalue weighted by molar-refractivity contribution is 0.100. The van der Waals surface area contributed by atoms with E-state index < -0.39 is 11.5 Å². The number of nitrogens with two attached hydrogens (primary N) is 2. The summed E-state index contributed by atoms with van der Waals surface area (Å²) in [6, 6.07) is 16.1. The van der Waals surface area contributed by atoms with E-state index in [1.165, 1.54) is 4.68 Å². The van der Waals surface area contributed by atoms with Crippen LogP contribution in [0.3, 0.4) is 0 Å². The van der Waals surface area contributed by atoms with Gasteiger partial charge >= 0.3 is 0 Å². The molecule has 0 unspecified atom stereocenters. The summed E-state index contributed by atoms with van der Waals surface area (Å²) in [5, 5.41) is 13.5. The first-order valence-corrected chi connectivity index (χ1v) is 7.95. The predicted octanol–water partition coefficient (Wildman–Crippen LogP) is 1.13. The van der Waals surface area contributed by atoms with Crippen molar-refractivity contribution in [1.82, 2.24) is 9.78 Å². The minimum atomic E-state index is -0.801. The Morgan fingerprint density at radius 3 is 2.23 bits per heavy atom. The fourth-order valence-corrected chi connectivity index (χ4v) is 2.67. The normalized spacial score (nSPS) is 10.7. The first kappa shape index (κ1) is 17.4. The molecule has 2 aromatic carbocycles. The van der Waals surface area contributed by atoms with Crippen LogP contribution in [0.4, 0.5) is 5.69 Å². The van der Waals surface area contributed by atoms with Gasteiger partial charge in [0, 0.05) is 5.56 Å². The largest absolute Gasteiger partial charge is 0.393 e. The second-order valence-electron chi connectivity index (χ2n) is 5.80. The highest BCUT2D eigenvalue weighted by atomic mass is 16.3. The van der Waals surface area contributed by atoms with Crippen LogP contribution < -0.4 is 17.0 Å². The van der Waals surface area contributed by atoms with Gasteiger partial charge in [-0.2, -0.15) is 5.10 Å². The number of aromatic nitrogens is 2. The molecule has 0 aliphatic heterocycles. The lowest BCUT2D eigenvalue weighted by atomic mass is 10.0. The van der Waals surface area contributed by atoms with Crippen molar-refractivity contribution >= 4 is 11.6 Å². The highest BCUT2D eigenvalue weighted by Crippen LogP contribution is 2.23. The number of primary amides is 1. The van der Waals surface area contributed by atoms with Crippen molar-refractivity contribution in [3.05, 3.63) is 81.6 Å². The molecule has 1 amide bonds. The number of carbonyl (C=O) groups is 1. The zero-order valence-corrected chi connectivity index (χ0v) is 13.9. The van der Waals surface area contributed by atoms with Gasteiger partial charge in [0.1, 0.15) is 11.4 Å². The molecule has 0 atom stereocenters. The van der Waals surface area contributed by atoms with Crippen LogP contribution in [0, 0.1) is 0 Å². The van der Waals surface area contributed by atoms with Crippen LogP contribution >= 0.6 is 0 Å². The number of carbonyl (C=O) groups excluding carboxylic acids is 1. The molecule has 5 N–H and O–H groups in total. The molecule has 0 saturated carbocycles. The molecule has 0 fully saturated rings. The summed E-state index contributed by atoms with van der Waals surface area (Å²) in [6.45, 7) is 0.116. The minimum Gasteiger partial charge on any atom is -0.393 e. The van der Waals surface area contributed by atoms with Crippen LogP contribution in [0.5, 0.6) is 0 Å². The molecule has 0 bridgehead atoms. The number of hydrogen-bond acceptors (Lipinski definition) is 5. The van der Waals surface area contributed by atoms with Gasteiger partial charge in [0.25, 0.3) is 11.5 Å². The third-order valence-electron chi connectivity index (χ3n) is 4.02. The average Bonchev–Trinajstić information content (AvgIpc) is 2.66. The first-order valence-electron chi connectivity index (χ1n) is 7.95. The van der Waals surface area contributed by atoms with Gasteiger partial charge in [0.15, 0.2) is 0 Å². The average molecular weight is 350 g/mol. The fourth-order valence-electron chi connectivity index (χ4n) is 2.67. The van der Waals surface area contributed by atoms with Crippen LogP contribution in [0.2, 0.25) is 0 Å². The highest BCUT2D eigenvalue weighted by Gasteiger charge is 2.20. The molecular weight excluding hydrogens is 332 g/mol. The Morgan fingerprint density at radius 1 is 1.04 bits per heavy atom. The number of rotatable bonds is 5. The lowest BCUT2D eigenvalue weighted by Gasteiger charge is -2.13. The predicted molar refractivity (Wildman–Crippen MR) is 98.3 cm³/mol. The van der Waals surface area contributed by atoms with Crippen LogP contribution in [0.1, 0.15) is 21.5 Å². The van der Waals surface area contributed by atoms with E-state index in [9.17, 15) is 9.59 Å². The Bertz CT molecular complexity index is 996. The van der Waals surface area contributed by atoms with Crippen molar-refractivity contribution in [3.8, 4) is 11.3 Å². The summed E-state index contributed by atoms with van der Waals surface area (Å²) >= 11 is 0. The molecule has 3 rings (SSSR count). The van der Waals surface area contributed by atoms with Gasteiger partial charge in [-0.05, 0) is 11.1 Å². The molecule has 0 saturated heterocycles. The standard InChI is InChI=1S/C19H18N4O3/c20-16-15(18(21)25)17(14-4-2-1-3-5-14)22-23(19(16)26)10-12-6-8-13(11-24)9-7-12/h1-9,24H,10-11,20H2,(H2,21,25). The van der Waals surface area contributed by atoms with E-state index in [0.29, 0.717) is 5.56 Å². The van der Waals surface area contributed by atoms with Gasteiger partial charge in [-0.3, -0.25) is 9.59 Å². The zero-order chi connectivity index (χ0) is 18.7. The van der Waals surface area contributed by atoms with E-state index in [4.69, 9.17) is 16.6 Å². The summed E-state index contributed by atoms with van der Waals surface area (Å²) in [5.74, 6) is -0.801. The molecule has 7 nitrogen and oxygen atoms in total. The van der Waals surface area contributed by atoms with Crippen LogP contribution in [-0.2, 0) is 13.2 Å². The van der Waals surface area contributed by atoms with Crippen LogP contribution in [0.15, 0.2) is 59.4 Å². The molecule has 1 heterocycles. The Morgan fingerprint density at radius 2 is 1.65 bits per heavy atom. The Hall–Kier alpha value is -3.45. The lowest BCUT2D eigenvalue weighted by Crippen LogP contribution is -2.31. The first-order chi connectivity index (χ1) is 12.5. The van der Waals surface area contributed by atoms with Gasteiger partial charge in [0.2, 0.25) is 0 Å². The Kier molecular flexibility index (Phi) is 4.81. The molecule has 7 heteroatoms. The zero-order valence-electron chi connectivity index (χ0n) is 13.9. The molecule has 1 aromatic heterocycles. The summed E-state index contributed by atoms with van der Waals surface area (Å²) in [5.41, 5.74) is 12.9. The van der Waals surface area contributed by atoms with E-state index in [1.54, 1.807) is 48.5 Å². The number of benzene rings is 2. The van der Waals surface area contributed by atoms with E-state index in [1.807, 2.05) is 6.07 Å². The quantitative estimate of drug-likeness (QED) is 0.636. The number of amides is 1. The van der Waals surface area contributed by atoms with Crippen LogP contribution in [0.25, 0.3) is 11.3 Å². The van der Waals surface area contributed by atoms with Gasteiger partial charge in [-0.15, -0.1) is 0 Å². The van der Waals surface area contributed by atoms with E-state index in [2.05, 4.69) is 5.10 Å². The van der Waals surface area contributed by atoms with Crippen molar-refractivity contribution in [3.63, 3.8) is 0 Å². The number of aliphatic hydroxyl groups excluding tert-OH is 1.